The molecule has 0 amide bonds. The van der Waals surface area contributed by atoms with E-state index in [-0.39, 0.29) is 0 Å². The Kier molecular flexibility index (Phi) is 5.22. The highest BCUT2D eigenvalue weighted by Gasteiger charge is 1.78. The van der Waals surface area contributed by atoms with E-state index in [9.17, 15) is 0 Å². The molecule has 0 fully saturated rings. The summed E-state index contributed by atoms with van der Waals surface area (Å²) in [4.78, 5) is 4.58. The van der Waals surface area contributed by atoms with Crippen LogP contribution in [0.15, 0.2) is 16.1 Å². The molecule has 0 aromatic heterocycles. The molecule has 0 N–H and O–H groups in total. The zero-order valence-electron chi connectivity index (χ0n) is 4.63. The van der Waals surface area contributed by atoms with Crippen LogP contribution in [0, 0.1) is 0 Å². The lowest BCUT2D eigenvalue weighted by molar-refractivity contribution is 1.19. The maximum Gasteiger partial charge on any atom is 0.0926 e. The molecule has 0 atom stereocenters. The van der Waals surface area contributed by atoms with Gasteiger partial charge in [-0.05, 0) is 11.3 Å². The van der Waals surface area contributed by atoms with Crippen molar-refractivity contribution in [1.82, 2.24) is 0 Å². The van der Waals surface area contributed by atoms with Gasteiger partial charge in [0, 0.05) is 6.20 Å². The second-order valence-electron chi connectivity index (χ2n) is 1.22. The number of hydrogen-bond acceptors (Lipinski definition) is 2. The first-order chi connectivity index (χ1) is 3.81. The summed E-state index contributed by atoms with van der Waals surface area (Å²) in [5, 5.41) is 0. The first-order valence-corrected chi connectivity index (χ1v) is 3.19. The molecule has 0 radical (unpaired) electrons. The van der Waals surface area contributed by atoms with E-state index in [2.05, 4.69) is 17.6 Å². The lowest BCUT2D eigenvalue weighted by atomic mass is 10.5. The van der Waals surface area contributed by atoms with Crippen LogP contribution >= 0.6 is 24.2 Å². The molecule has 0 spiro atoms. The fourth-order valence-corrected chi connectivity index (χ4v) is 0.329. The molecular weight excluding hydrogens is 142 g/mol. The van der Waals surface area contributed by atoms with Crippen LogP contribution in [0.3, 0.4) is 0 Å². The third-order valence-corrected chi connectivity index (χ3v) is 1.19. The average molecular weight is 150 g/mol. The molecule has 0 heterocycles. The minimum Gasteiger partial charge on any atom is -0.252 e. The summed E-state index contributed by atoms with van der Waals surface area (Å²) in [6.07, 6.45) is 2.52. The summed E-state index contributed by atoms with van der Waals surface area (Å²) in [5.41, 5.74) is 1.21. The first kappa shape index (κ1) is 8.05. The fraction of sp³-hybridized carbons (Fsp3) is 0.400. The fourth-order valence-electron chi connectivity index (χ4n) is 0.205. The van der Waals surface area contributed by atoms with Crippen molar-refractivity contribution in [1.29, 1.82) is 0 Å². The molecular formula is C5H8ClNS. The molecule has 0 aliphatic carbocycles. The van der Waals surface area contributed by atoms with Crippen LogP contribution in [-0.4, -0.2) is 5.67 Å². The van der Waals surface area contributed by atoms with E-state index < -0.39 is 0 Å². The molecule has 0 aromatic carbocycles. The average Bonchev–Trinajstić information content (AvgIpc) is 1.83. The van der Waals surface area contributed by atoms with Crippen molar-refractivity contribution in [3.8, 4) is 0 Å². The molecule has 0 aliphatic rings. The predicted octanol–water partition coefficient (Wildman–Crippen LogP) is 2.43. The summed E-state index contributed by atoms with van der Waals surface area (Å²) in [5.74, 6) is 0. The lowest BCUT2D eigenvalue weighted by Crippen LogP contribution is -1.62. The van der Waals surface area contributed by atoms with Crippen LogP contribution in [-0.2, 0) is 0 Å². The van der Waals surface area contributed by atoms with Gasteiger partial charge in [-0.3, -0.25) is 4.99 Å². The smallest absolute Gasteiger partial charge is 0.0926 e. The normalized spacial score (nSPS) is 13.1. The standard InChI is InChI=1S/C5H8ClNS/c1-2-5(8)3-7-4-6/h3-4,8H,2H2,1H3/b5-3-,7-4?. The molecule has 0 aromatic rings. The number of allylic oxidation sites excluding steroid dienone is 1. The molecule has 0 rings (SSSR count). The summed E-state index contributed by atoms with van der Waals surface area (Å²) >= 11 is 9.19. The Bertz CT molecular complexity index is 109. The Morgan fingerprint density at radius 2 is 2.50 bits per heavy atom. The van der Waals surface area contributed by atoms with E-state index in [0.717, 1.165) is 11.3 Å². The van der Waals surface area contributed by atoms with Crippen molar-refractivity contribution in [2.24, 2.45) is 4.99 Å². The second-order valence-corrected chi connectivity index (χ2v) is 1.99. The molecule has 0 unspecified atom stereocenters. The van der Waals surface area contributed by atoms with Gasteiger partial charge < -0.3 is 0 Å². The van der Waals surface area contributed by atoms with Gasteiger partial charge in [-0.2, -0.15) is 0 Å². The SMILES string of the molecule is CC/C(S)=C/N=CCl. The van der Waals surface area contributed by atoms with E-state index in [1.54, 1.807) is 6.20 Å². The second kappa shape index (κ2) is 5.19. The van der Waals surface area contributed by atoms with Crippen LogP contribution in [0.4, 0.5) is 0 Å². The number of thiol groups is 1. The van der Waals surface area contributed by atoms with Crippen molar-refractivity contribution in [3.05, 3.63) is 11.1 Å². The van der Waals surface area contributed by atoms with E-state index in [0.29, 0.717) is 0 Å². The maximum atomic E-state index is 5.13. The quantitative estimate of drug-likeness (QED) is 0.458. The Morgan fingerprint density at radius 1 is 1.88 bits per heavy atom. The molecule has 46 valence electrons. The Hall–Kier alpha value is 0.0500. The molecule has 0 bridgehead atoms. The van der Waals surface area contributed by atoms with Crippen molar-refractivity contribution in [3.63, 3.8) is 0 Å². The summed E-state index contributed by atoms with van der Waals surface area (Å²) < 4.78 is 0. The topological polar surface area (TPSA) is 12.4 Å². The maximum absolute atomic E-state index is 5.13. The van der Waals surface area contributed by atoms with Crippen molar-refractivity contribution in [2.45, 2.75) is 13.3 Å². The monoisotopic (exact) mass is 149 g/mol. The van der Waals surface area contributed by atoms with Crippen molar-refractivity contribution in [2.75, 3.05) is 0 Å². The number of rotatable bonds is 2. The van der Waals surface area contributed by atoms with Crippen LogP contribution in [0.1, 0.15) is 13.3 Å². The Labute approximate surface area is 59.9 Å². The van der Waals surface area contributed by atoms with Crippen molar-refractivity contribution >= 4 is 29.9 Å². The van der Waals surface area contributed by atoms with Gasteiger partial charge in [0.1, 0.15) is 0 Å². The third-order valence-electron chi connectivity index (χ3n) is 0.642. The zero-order valence-corrected chi connectivity index (χ0v) is 6.28. The van der Waals surface area contributed by atoms with Gasteiger partial charge in [0.25, 0.3) is 0 Å². The Morgan fingerprint density at radius 3 is 2.88 bits per heavy atom. The van der Waals surface area contributed by atoms with Gasteiger partial charge in [0.2, 0.25) is 0 Å². The molecule has 1 nitrogen and oxygen atoms in total. The largest absolute Gasteiger partial charge is 0.252 e. The van der Waals surface area contributed by atoms with E-state index >= 15 is 0 Å². The zero-order chi connectivity index (χ0) is 6.41. The van der Waals surface area contributed by atoms with Gasteiger partial charge in [-0.25, -0.2) is 0 Å². The van der Waals surface area contributed by atoms with Crippen LogP contribution < -0.4 is 0 Å². The minimum absolute atomic E-state index is 0.900. The summed E-state index contributed by atoms with van der Waals surface area (Å²) in [6, 6.07) is 0. The van der Waals surface area contributed by atoms with Gasteiger partial charge in [-0.15, -0.1) is 12.6 Å². The number of hydrogen-bond donors (Lipinski definition) is 1. The lowest BCUT2D eigenvalue weighted by Gasteiger charge is -1.85. The van der Waals surface area contributed by atoms with E-state index in [1.807, 2.05) is 6.92 Å². The third kappa shape index (κ3) is 4.22. The minimum atomic E-state index is 0.900. The predicted molar refractivity (Wildman–Crippen MR) is 41.7 cm³/mol. The van der Waals surface area contributed by atoms with Gasteiger partial charge >= 0.3 is 0 Å². The van der Waals surface area contributed by atoms with E-state index in [4.69, 9.17) is 11.6 Å². The highest BCUT2D eigenvalue weighted by molar-refractivity contribution is 7.84. The molecule has 0 saturated heterocycles. The molecule has 3 heteroatoms. The number of aliphatic imine (C=N–C) groups is 1. The van der Waals surface area contributed by atoms with E-state index in [1.165, 1.54) is 5.67 Å². The molecule has 8 heavy (non-hydrogen) atoms. The molecule has 0 saturated carbocycles. The number of halogens is 1. The highest BCUT2D eigenvalue weighted by atomic mass is 35.5. The first-order valence-electron chi connectivity index (χ1n) is 2.31. The summed E-state index contributed by atoms with van der Waals surface area (Å²) in [6.45, 7) is 2.00. The number of nitrogens with zero attached hydrogens (tertiary/aromatic N) is 1. The van der Waals surface area contributed by atoms with Crippen LogP contribution in [0.5, 0.6) is 0 Å². The van der Waals surface area contributed by atoms with Crippen molar-refractivity contribution < 1.29 is 0 Å². The summed E-state index contributed by atoms with van der Waals surface area (Å²) in [7, 11) is 0. The molecule has 0 aliphatic heterocycles. The van der Waals surface area contributed by atoms with Crippen LogP contribution in [0.25, 0.3) is 0 Å². The van der Waals surface area contributed by atoms with Crippen LogP contribution in [0.2, 0.25) is 0 Å². The Balaban J connectivity index is 3.57. The van der Waals surface area contributed by atoms with Gasteiger partial charge in [0.05, 0.1) is 5.67 Å². The highest BCUT2D eigenvalue weighted by Crippen LogP contribution is 2.03. The van der Waals surface area contributed by atoms with Gasteiger partial charge in [0.15, 0.2) is 0 Å². The van der Waals surface area contributed by atoms with Gasteiger partial charge in [-0.1, -0.05) is 18.5 Å².